The van der Waals surface area contributed by atoms with Gasteiger partial charge >= 0.3 is 0 Å². The average molecular weight is 422 g/mol. The standard InChI is InChI=1S/C21H19N5OS2/c1-13-12-29-20(22-13)19-24-23-18-14(2)25(9-10-26(18)19)21(27)16-7-5-15(6-8-16)17-4-3-11-28-17/h3-8,11-12,14H,9-10H2,1-2H3. The van der Waals surface area contributed by atoms with Crippen LogP contribution < -0.4 is 0 Å². The molecule has 1 unspecified atom stereocenters. The summed E-state index contributed by atoms with van der Waals surface area (Å²) in [5.41, 5.74) is 2.81. The van der Waals surface area contributed by atoms with Crippen molar-refractivity contribution in [3.63, 3.8) is 0 Å². The van der Waals surface area contributed by atoms with Gasteiger partial charge in [-0.25, -0.2) is 4.98 Å². The fourth-order valence-corrected chi connectivity index (χ4v) is 5.18. The number of hydrogen-bond donors (Lipinski definition) is 0. The first-order chi connectivity index (χ1) is 14.1. The second kappa shape index (κ2) is 7.20. The second-order valence-corrected chi connectivity index (χ2v) is 8.86. The molecule has 3 aromatic heterocycles. The normalized spacial score (nSPS) is 16.1. The number of aromatic nitrogens is 4. The third-order valence-electron chi connectivity index (χ3n) is 5.19. The van der Waals surface area contributed by atoms with E-state index in [9.17, 15) is 4.79 Å². The van der Waals surface area contributed by atoms with Crippen LogP contribution in [0.3, 0.4) is 0 Å². The van der Waals surface area contributed by atoms with Crippen molar-refractivity contribution in [2.45, 2.75) is 26.4 Å². The van der Waals surface area contributed by atoms with Crippen LogP contribution in [0.15, 0.2) is 47.2 Å². The molecule has 0 spiro atoms. The number of amides is 1. The molecule has 5 rings (SSSR count). The summed E-state index contributed by atoms with van der Waals surface area (Å²) >= 11 is 3.27. The van der Waals surface area contributed by atoms with Gasteiger partial charge in [0.1, 0.15) is 0 Å². The van der Waals surface area contributed by atoms with Crippen molar-refractivity contribution in [1.82, 2.24) is 24.6 Å². The quantitative estimate of drug-likeness (QED) is 0.483. The Morgan fingerprint density at radius 3 is 2.62 bits per heavy atom. The number of carbonyl (C=O) groups is 1. The summed E-state index contributed by atoms with van der Waals surface area (Å²) in [6.07, 6.45) is 0. The highest BCUT2D eigenvalue weighted by Crippen LogP contribution is 2.31. The van der Waals surface area contributed by atoms with Gasteiger partial charge in [0.25, 0.3) is 5.91 Å². The van der Waals surface area contributed by atoms with E-state index >= 15 is 0 Å². The third kappa shape index (κ3) is 3.18. The lowest BCUT2D eigenvalue weighted by Crippen LogP contribution is -2.41. The number of benzene rings is 1. The Hall–Kier alpha value is -2.84. The SMILES string of the molecule is Cc1csc(-c2nnc3n2CCN(C(=O)c2ccc(-c4cccs4)cc2)C3C)n1. The molecule has 0 aliphatic carbocycles. The Labute approximate surface area is 176 Å². The van der Waals surface area contributed by atoms with E-state index in [0.717, 1.165) is 27.9 Å². The molecule has 1 aliphatic rings. The zero-order chi connectivity index (χ0) is 20.0. The molecular formula is C21H19N5OS2. The van der Waals surface area contributed by atoms with Crippen LogP contribution >= 0.6 is 22.7 Å². The van der Waals surface area contributed by atoms with Gasteiger partial charge in [-0.15, -0.1) is 32.9 Å². The molecule has 146 valence electrons. The van der Waals surface area contributed by atoms with Gasteiger partial charge in [-0.2, -0.15) is 0 Å². The zero-order valence-electron chi connectivity index (χ0n) is 16.1. The van der Waals surface area contributed by atoms with Crippen molar-refractivity contribution in [2.24, 2.45) is 0 Å². The monoisotopic (exact) mass is 421 g/mol. The number of nitrogens with zero attached hydrogens (tertiary/aromatic N) is 5. The number of aryl methyl sites for hydroxylation is 1. The van der Waals surface area contributed by atoms with Crippen LogP contribution in [-0.4, -0.2) is 37.1 Å². The molecule has 1 aliphatic heterocycles. The smallest absolute Gasteiger partial charge is 0.254 e. The van der Waals surface area contributed by atoms with E-state index in [1.165, 1.54) is 4.88 Å². The zero-order valence-corrected chi connectivity index (χ0v) is 17.7. The summed E-state index contributed by atoms with van der Waals surface area (Å²) in [5.74, 6) is 1.62. The molecule has 4 heterocycles. The molecule has 0 radical (unpaired) electrons. The second-order valence-electron chi connectivity index (χ2n) is 7.06. The van der Waals surface area contributed by atoms with Crippen molar-refractivity contribution in [2.75, 3.05) is 6.54 Å². The summed E-state index contributed by atoms with van der Waals surface area (Å²) in [6.45, 7) is 5.27. The molecule has 8 heteroatoms. The highest BCUT2D eigenvalue weighted by atomic mass is 32.1. The van der Waals surface area contributed by atoms with Gasteiger partial charge in [-0.1, -0.05) is 18.2 Å². The van der Waals surface area contributed by atoms with Gasteiger partial charge in [0.15, 0.2) is 16.7 Å². The molecule has 0 bridgehead atoms. The molecule has 29 heavy (non-hydrogen) atoms. The number of hydrogen-bond acceptors (Lipinski definition) is 6. The molecule has 0 N–H and O–H groups in total. The van der Waals surface area contributed by atoms with Crippen molar-refractivity contribution in [3.8, 4) is 21.3 Å². The fourth-order valence-electron chi connectivity index (χ4n) is 3.66. The maximum Gasteiger partial charge on any atom is 0.254 e. The van der Waals surface area contributed by atoms with E-state index in [1.807, 2.05) is 54.5 Å². The Morgan fingerprint density at radius 1 is 1.10 bits per heavy atom. The highest BCUT2D eigenvalue weighted by Gasteiger charge is 2.32. The summed E-state index contributed by atoms with van der Waals surface area (Å²) in [6, 6.07) is 11.8. The topological polar surface area (TPSA) is 63.9 Å². The molecule has 0 saturated carbocycles. The van der Waals surface area contributed by atoms with Crippen molar-refractivity contribution >= 4 is 28.6 Å². The minimum Gasteiger partial charge on any atom is -0.327 e. The van der Waals surface area contributed by atoms with Crippen LogP contribution in [0.25, 0.3) is 21.3 Å². The lowest BCUT2D eigenvalue weighted by Gasteiger charge is -2.33. The minimum absolute atomic E-state index is 0.0242. The van der Waals surface area contributed by atoms with Crippen LogP contribution in [0.2, 0.25) is 0 Å². The number of rotatable bonds is 3. The average Bonchev–Trinajstić information content (AvgIpc) is 3.48. The van der Waals surface area contributed by atoms with E-state index in [4.69, 9.17) is 0 Å². The number of fused-ring (bicyclic) bond motifs is 1. The Morgan fingerprint density at radius 2 is 1.93 bits per heavy atom. The lowest BCUT2D eigenvalue weighted by atomic mass is 10.1. The molecule has 1 amide bonds. The summed E-state index contributed by atoms with van der Waals surface area (Å²) < 4.78 is 2.09. The first-order valence-corrected chi connectivity index (χ1v) is 11.2. The van der Waals surface area contributed by atoms with Gasteiger partial charge in [-0.05, 0) is 43.0 Å². The first kappa shape index (κ1) is 18.2. The van der Waals surface area contributed by atoms with Crippen molar-refractivity contribution < 1.29 is 4.79 Å². The molecule has 4 aromatic rings. The molecular weight excluding hydrogens is 402 g/mol. The molecule has 6 nitrogen and oxygen atoms in total. The predicted molar refractivity (Wildman–Crippen MR) is 115 cm³/mol. The van der Waals surface area contributed by atoms with Gasteiger partial charge in [0.2, 0.25) is 0 Å². The van der Waals surface area contributed by atoms with Gasteiger partial charge in [0, 0.05) is 34.6 Å². The van der Waals surface area contributed by atoms with Gasteiger partial charge in [-0.3, -0.25) is 4.79 Å². The lowest BCUT2D eigenvalue weighted by molar-refractivity contribution is 0.0638. The van der Waals surface area contributed by atoms with E-state index in [0.29, 0.717) is 18.7 Å². The third-order valence-corrected chi connectivity index (χ3v) is 7.07. The number of thiazole rings is 1. The largest absolute Gasteiger partial charge is 0.327 e. The maximum atomic E-state index is 13.2. The van der Waals surface area contributed by atoms with Crippen molar-refractivity contribution in [1.29, 1.82) is 0 Å². The Kier molecular flexibility index (Phi) is 4.52. The minimum atomic E-state index is -0.143. The van der Waals surface area contributed by atoms with Crippen LogP contribution in [0.5, 0.6) is 0 Å². The van der Waals surface area contributed by atoms with Crippen LogP contribution in [0.1, 0.15) is 34.8 Å². The molecule has 0 fully saturated rings. The molecule has 0 saturated heterocycles. The highest BCUT2D eigenvalue weighted by molar-refractivity contribution is 7.13. The fraction of sp³-hybridized carbons (Fsp3) is 0.238. The van der Waals surface area contributed by atoms with Crippen LogP contribution in [0, 0.1) is 6.92 Å². The predicted octanol–water partition coefficient (Wildman–Crippen LogP) is 4.66. The summed E-state index contributed by atoms with van der Waals surface area (Å²) in [5, 5.41) is 13.7. The van der Waals surface area contributed by atoms with E-state index in [2.05, 4.69) is 31.2 Å². The maximum absolute atomic E-state index is 13.2. The van der Waals surface area contributed by atoms with E-state index in [1.54, 1.807) is 22.7 Å². The molecule has 1 aromatic carbocycles. The summed E-state index contributed by atoms with van der Waals surface area (Å²) in [7, 11) is 0. The number of carbonyl (C=O) groups excluding carboxylic acids is 1. The Bertz CT molecular complexity index is 1160. The Balaban J connectivity index is 1.39. The molecule has 1 atom stereocenters. The van der Waals surface area contributed by atoms with Gasteiger partial charge < -0.3 is 9.47 Å². The van der Waals surface area contributed by atoms with Crippen molar-refractivity contribution in [3.05, 3.63) is 64.2 Å². The van der Waals surface area contributed by atoms with Crippen LogP contribution in [0.4, 0.5) is 0 Å². The van der Waals surface area contributed by atoms with E-state index < -0.39 is 0 Å². The van der Waals surface area contributed by atoms with Crippen LogP contribution in [-0.2, 0) is 6.54 Å². The first-order valence-electron chi connectivity index (χ1n) is 9.42. The number of thiophene rings is 1. The van der Waals surface area contributed by atoms with Gasteiger partial charge in [0.05, 0.1) is 6.04 Å². The summed E-state index contributed by atoms with van der Waals surface area (Å²) in [4.78, 5) is 20.8. The van der Waals surface area contributed by atoms with E-state index in [-0.39, 0.29) is 11.9 Å².